The van der Waals surface area contributed by atoms with Gasteiger partial charge in [-0.2, -0.15) is 0 Å². The highest BCUT2D eigenvalue weighted by Crippen LogP contribution is 2.20. The van der Waals surface area contributed by atoms with Crippen LogP contribution >= 0.6 is 0 Å². The number of nitro groups is 2. The zero-order chi connectivity index (χ0) is 34.5. The molecule has 0 bridgehead atoms. The zero-order valence-corrected chi connectivity index (χ0v) is 24.7. The van der Waals surface area contributed by atoms with Gasteiger partial charge in [-0.25, -0.2) is 9.59 Å². The fourth-order valence-electron chi connectivity index (χ4n) is 3.68. The molecule has 0 unspecified atom stereocenters. The molecule has 0 saturated carbocycles. The molecule has 0 aliphatic carbocycles. The molecule has 0 atom stereocenters. The third-order valence-electron chi connectivity index (χ3n) is 6.05. The van der Waals surface area contributed by atoms with E-state index in [1.807, 2.05) is 0 Å². The summed E-state index contributed by atoms with van der Waals surface area (Å²) in [5.41, 5.74) is 0.797. The molecule has 0 N–H and O–H groups in total. The molecule has 0 aromatic heterocycles. The molecule has 0 spiro atoms. The molecule has 4 rings (SSSR count). The van der Waals surface area contributed by atoms with Gasteiger partial charge in [0.15, 0.2) is 0 Å². The van der Waals surface area contributed by atoms with E-state index in [1.165, 1.54) is 72.8 Å². The maximum absolute atomic E-state index is 12.2. The van der Waals surface area contributed by atoms with Crippen LogP contribution in [0.5, 0.6) is 23.0 Å². The summed E-state index contributed by atoms with van der Waals surface area (Å²) < 4.78 is 30.3. The van der Waals surface area contributed by atoms with Crippen LogP contribution in [0.25, 0.3) is 0 Å². The van der Waals surface area contributed by atoms with Gasteiger partial charge in [-0.3, -0.25) is 29.8 Å². The van der Waals surface area contributed by atoms with Crippen molar-refractivity contribution in [2.45, 2.75) is 26.1 Å². The van der Waals surface area contributed by atoms with Crippen LogP contribution in [-0.4, -0.2) is 34.1 Å². The van der Waals surface area contributed by atoms with Crippen molar-refractivity contribution in [2.75, 3.05) is 0 Å². The van der Waals surface area contributed by atoms with Gasteiger partial charge >= 0.3 is 24.2 Å². The van der Waals surface area contributed by atoms with Crippen molar-refractivity contribution in [3.8, 4) is 23.0 Å². The predicted octanol–water partition coefficient (Wildman–Crippen LogP) is 6.23. The Bertz CT molecular complexity index is 1640. The molecule has 0 amide bonds. The van der Waals surface area contributed by atoms with E-state index in [9.17, 15) is 39.4 Å². The number of nitro benzene ring substituents is 2. The lowest BCUT2D eigenvalue weighted by molar-refractivity contribution is -0.385. The molecular weight excluding hydrogens is 636 g/mol. The normalized spacial score (nSPS) is 10.2. The standard InChI is InChI=1S/C32H24N2O14/c35-29(45-25-9-1-21(2-10-25)19-43-31(37)47-27-13-5-23(6-14-27)33(39)40)17-18-30(36)46-26-11-3-22(4-12-26)20-44-32(38)48-28-15-7-24(8-16-28)34(41)42/h1-16H,17-20H2. The van der Waals surface area contributed by atoms with E-state index < -0.39 is 34.1 Å². The zero-order valence-electron chi connectivity index (χ0n) is 24.7. The van der Waals surface area contributed by atoms with Crippen molar-refractivity contribution >= 4 is 35.6 Å². The molecule has 4 aromatic carbocycles. The molecule has 16 nitrogen and oxygen atoms in total. The van der Waals surface area contributed by atoms with Gasteiger partial charge in [0.25, 0.3) is 11.4 Å². The first-order valence-electron chi connectivity index (χ1n) is 13.8. The summed E-state index contributed by atoms with van der Waals surface area (Å²) in [5.74, 6) is -0.839. The Kier molecular flexibility index (Phi) is 11.7. The minimum atomic E-state index is -1.02. The van der Waals surface area contributed by atoms with Crippen molar-refractivity contribution in [1.29, 1.82) is 0 Å². The van der Waals surface area contributed by atoms with Crippen molar-refractivity contribution in [1.82, 2.24) is 0 Å². The molecular formula is C32H24N2O14. The third kappa shape index (κ3) is 11.0. The number of non-ortho nitro benzene ring substituents is 2. The van der Waals surface area contributed by atoms with Gasteiger partial charge in [0.1, 0.15) is 36.2 Å². The first-order valence-corrected chi connectivity index (χ1v) is 13.8. The summed E-state index contributed by atoms with van der Waals surface area (Å²) in [7, 11) is 0. The summed E-state index contributed by atoms with van der Waals surface area (Å²) in [4.78, 5) is 68.4. The number of benzene rings is 4. The molecule has 0 saturated heterocycles. The van der Waals surface area contributed by atoms with E-state index in [0.29, 0.717) is 11.1 Å². The Morgan fingerprint density at radius 1 is 0.458 bits per heavy atom. The average molecular weight is 661 g/mol. The monoisotopic (exact) mass is 660 g/mol. The Labute approximate surface area is 270 Å². The highest BCUT2D eigenvalue weighted by molar-refractivity contribution is 5.80. The number of carbonyl (C=O) groups is 4. The summed E-state index contributed by atoms with van der Waals surface area (Å²) >= 11 is 0. The minimum absolute atomic E-state index is 0.0708. The van der Waals surface area contributed by atoms with Crippen molar-refractivity contribution in [3.63, 3.8) is 0 Å². The number of esters is 2. The lowest BCUT2D eigenvalue weighted by atomic mass is 10.2. The van der Waals surface area contributed by atoms with E-state index >= 15 is 0 Å². The molecule has 0 aliphatic heterocycles. The summed E-state index contributed by atoms with van der Waals surface area (Å²) in [5, 5.41) is 21.4. The first kappa shape index (κ1) is 34.0. The topological polar surface area (TPSA) is 210 Å². The molecule has 246 valence electrons. The second kappa shape index (κ2) is 16.5. The molecule has 0 fully saturated rings. The molecule has 0 aliphatic rings. The summed E-state index contributed by atoms with van der Waals surface area (Å²) in [6.07, 6.45) is -2.56. The summed E-state index contributed by atoms with van der Waals surface area (Å²) in [6, 6.07) is 21.8. The third-order valence-corrected chi connectivity index (χ3v) is 6.05. The average Bonchev–Trinajstić information content (AvgIpc) is 3.07. The molecule has 0 heterocycles. The van der Waals surface area contributed by atoms with E-state index in [2.05, 4.69) is 0 Å². The van der Waals surface area contributed by atoms with Gasteiger partial charge in [0.05, 0.1) is 22.7 Å². The molecule has 0 radical (unpaired) electrons. The van der Waals surface area contributed by atoms with Gasteiger partial charge in [-0.15, -0.1) is 0 Å². The molecule has 4 aromatic rings. The van der Waals surface area contributed by atoms with Crippen LogP contribution in [0.2, 0.25) is 0 Å². The van der Waals surface area contributed by atoms with Crippen LogP contribution in [-0.2, 0) is 32.3 Å². The Morgan fingerprint density at radius 3 is 1.06 bits per heavy atom. The van der Waals surface area contributed by atoms with Crippen LogP contribution in [0.1, 0.15) is 24.0 Å². The number of hydrogen-bond acceptors (Lipinski definition) is 14. The van der Waals surface area contributed by atoms with Crippen molar-refractivity contribution in [3.05, 3.63) is 128 Å². The van der Waals surface area contributed by atoms with E-state index in [0.717, 1.165) is 0 Å². The van der Waals surface area contributed by atoms with Gasteiger partial charge < -0.3 is 28.4 Å². The number of nitrogens with zero attached hydrogens (tertiary/aromatic N) is 2. The smallest absolute Gasteiger partial charge is 0.429 e. The number of rotatable bonds is 13. The van der Waals surface area contributed by atoms with Crippen LogP contribution in [0.3, 0.4) is 0 Å². The van der Waals surface area contributed by atoms with Crippen LogP contribution in [0.4, 0.5) is 21.0 Å². The maximum Gasteiger partial charge on any atom is 0.514 e. The minimum Gasteiger partial charge on any atom is -0.429 e. The van der Waals surface area contributed by atoms with Gasteiger partial charge in [-0.05, 0) is 59.7 Å². The van der Waals surface area contributed by atoms with Crippen LogP contribution in [0, 0.1) is 20.2 Å². The van der Waals surface area contributed by atoms with Crippen LogP contribution in [0.15, 0.2) is 97.1 Å². The van der Waals surface area contributed by atoms with Crippen molar-refractivity contribution < 1.29 is 57.4 Å². The Morgan fingerprint density at radius 2 is 0.750 bits per heavy atom. The fraction of sp³-hybridized carbons (Fsp3) is 0.125. The number of ether oxygens (including phenoxy) is 6. The van der Waals surface area contributed by atoms with E-state index in [1.54, 1.807) is 24.3 Å². The quantitative estimate of drug-likeness (QED) is 0.0512. The van der Waals surface area contributed by atoms with Crippen molar-refractivity contribution in [2.24, 2.45) is 0 Å². The lowest BCUT2D eigenvalue weighted by Crippen LogP contribution is -2.14. The largest absolute Gasteiger partial charge is 0.514 e. The Balaban J connectivity index is 1.11. The molecule has 16 heteroatoms. The highest BCUT2D eigenvalue weighted by Gasteiger charge is 2.14. The second-order valence-corrected chi connectivity index (χ2v) is 9.52. The SMILES string of the molecule is O=C(CCC(=O)Oc1ccc(COC(=O)Oc2ccc([N+](=O)[O-])cc2)cc1)Oc1ccc(COC(=O)Oc2ccc([N+](=O)[O-])cc2)cc1. The van der Waals surface area contributed by atoms with Gasteiger partial charge in [-0.1, -0.05) is 24.3 Å². The maximum atomic E-state index is 12.2. The lowest BCUT2D eigenvalue weighted by Gasteiger charge is -2.08. The fourth-order valence-corrected chi connectivity index (χ4v) is 3.68. The predicted molar refractivity (Wildman–Crippen MR) is 161 cm³/mol. The Hall–Kier alpha value is -6.84. The first-order chi connectivity index (χ1) is 23.0. The highest BCUT2D eigenvalue weighted by atomic mass is 16.7. The van der Waals surface area contributed by atoms with Gasteiger partial charge in [0.2, 0.25) is 0 Å². The van der Waals surface area contributed by atoms with Gasteiger partial charge in [0, 0.05) is 24.3 Å². The van der Waals surface area contributed by atoms with E-state index in [-0.39, 0.29) is 60.4 Å². The number of hydrogen-bond donors (Lipinski definition) is 0. The molecule has 48 heavy (non-hydrogen) atoms. The van der Waals surface area contributed by atoms with Crippen LogP contribution < -0.4 is 18.9 Å². The number of carbonyl (C=O) groups excluding carboxylic acids is 4. The second-order valence-electron chi connectivity index (χ2n) is 9.52. The van der Waals surface area contributed by atoms with E-state index in [4.69, 9.17) is 28.4 Å². The summed E-state index contributed by atoms with van der Waals surface area (Å²) in [6.45, 7) is -0.312.